The van der Waals surface area contributed by atoms with Gasteiger partial charge in [0.1, 0.15) is 5.78 Å². The van der Waals surface area contributed by atoms with Crippen molar-refractivity contribution < 1.29 is 14.7 Å². The Morgan fingerprint density at radius 1 is 1.22 bits per heavy atom. The van der Waals surface area contributed by atoms with Crippen molar-refractivity contribution in [3.63, 3.8) is 0 Å². The maximum Gasteiger partial charge on any atom is 0.155 e. The smallest absolute Gasteiger partial charge is 0.155 e. The lowest BCUT2D eigenvalue weighted by Crippen LogP contribution is -2.58. The van der Waals surface area contributed by atoms with Crippen LogP contribution in [0.4, 0.5) is 0 Å². The monoisotopic (exact) mass is 374 g/mol. The molecule has 3 saturated carbocycles. The fourth-order valence-corrected chi connectivity index (χ4v) is 7.79. The third-order valence-electron chi connectivity index (χ3n) is 8.70. The Bertz CT molecular complexity index is 650. The average molecular weight is 375 g/mol. The Balaban J connectivity index is 0.00000102. The van der Waals surface area contributed by atoms with Gasteiger partial charge in [-0.25, -0.2) is 0 Å². The number of carbonyl (C=O) groups excluding carboxylic acids is 2. The Hall–Kier alpha value is -0.960. The fourth-order valence-electron chi connectivity index (χ4n) is 7.79. The van der Waals surface area contributed by atoms with Crippen molar-refractivity contribution in [1.29, 1.82) is 0 Å². The van der Waals surface area contributed by atoms with Gasteiger partial charge >= 0.3 is 0 Å². The van der Waals surface area contributed by atoms with Gasteiger partial charge in [0, 0.05) is 12.3 Å². The van der Waals surface area contributed by atoms with Gasteiger partial charge in [0.15, 0.2) is 5.78 Å². The predicted molar refractivity (Wildman–Crippen MR) is 108 cm³/mol. The average Bonchev–Trinajstić information content (AvgIpc) is 2.95. The number of allylic oxidation sites excluding steroid dienone is 1. The number of ketones is 2. The molecule has 4 aliphatic carbocycles. The van der Waals surface area contributed by atoms with E-state index in [1.807, 2.05) is 19.9 Å². The van der Waals surface area contributed by atoms with Crippen molar-refractivity contribution in [3.05, 3.63) is 11.6 Å². The van der Waals surface area contributed by atoms with Crippen molar-refractivity contribution in [2.45, 2.75) is 86.2 Å². The van der Waals surface area contributed by atoms with Crippen LogP contribution in [0.2, 0.25) is 0 Å². The highest BCUT2D eigenvalue weighted by Crippen LogP contribution is 2.67. The highest BCUT2D eigenvalue weighted by atomic mass is 16.3. The lowest BCUT2D eigenvalue weighted by atomic mass is 9.44. The lowest BCUT2D eigenvalue weighted by molar-refractivity contribution is -0.147. The summed E-state index contributed by atoms with van der Waals surface area (Å²) in [5, 5.41) is 11.2. The van der Waals surface area contributed by atoms with Crippen LogP contribution in [-0.4, -0.2) is 22.8 Å². The molecule has 3 heteroatoms. The second kappa shape index (κ2) is 7.13. The molecule has 4 rings (SSSR count). The molecule has 0 saturated heterocycles. The molecule has 0 aromatic rings. The minimum atomic E-state index is -0.361. The van der Waals surface area contributed by atoms with Gasteiger partial charge in [-0.1, -0.05) is 40.2 Å². The fraction of sp³-hybridized carbons (Fsp3) is 0.833. The largest absolute Gasteiger partial charge is 0.393 e. The van der Waals surface area contributed by atoms with Gasteiger partial charge in [0.05, 0.1) is 6.10 Å². The molecular formula is C24H38O3. The van der Waals surface area contributed by atoms with Crippen LogP contribution in [0.5, 0.6) is 0 Å². The van der Waals surface area contributed by atoms with E-state index in [2.05, 4.69) is 20.8 Å². The first-order valence-electron chi connectivity index (χ1n) is 11.1. The molecule has 0 spiro atoms. The second-order valence-electron chi connectivity index (χ2n) is 9.93. The van der Waals surface area contributed by atoms with E-state index in [4.69, 9.17) is 0 Å². The highest BCUT2D eigenvalue weighted by Gasteiger charge is 2.63. The topological polar surface area (TPSA) is 54.4 Å². The number of aliphatic hydroxyl groups excluding tert-OH is 1. The zero-order chi connectivity index (χ0) is 20.1. The van der Waals surface area contributed by atoms with Gasteiger partial charge < -0.3 is 5.11 Å². The number of rotatable bonds is 1. The van der Waals surface area contributed by atoms with E-state index < -0.39 is 0 Å². The number of fused-ring (bicyclic) bond motifs is 5. The summed E-state index contributed by atoms with van der Waals surface area (Å²) in [7, 11) is 0. The molecule has 0 aromatic carbocycles. The van der Waals surface area contributed by atoms with Crippen LogP contribution in [-0.2, 0) is 9.59 Å². The molecule has 3 fully saturated rings. The molecule has 0 aromatic heterocycles. The highest BCUT2D eigenvalue weighted by molar-refractivity contribution is 5.91. The quantitative estimate of drug-likeness (QED) is 0.705. The van der Waals surface area contributed by atoms with Crippen LogP contribution in [0.25, 0.3) is 0 Å². The van der Waals surface area contributed by atoms with E-state index in [0.29, 0.717) is 30.0 Å². The molecule has 0 heterocycles. The summed E-state index contributed by atoms with van der Waals surface area (Å²) >= 11 is 0. The lowest BCUT2D eigenvalue weighted by Gasteiger charge is -2.61. The first-order valence-corrected chi connectivity index (χ1v) is 11.1. The predicted octanol–water partition coefficient (Wildman–Crippen LogP) is 4.97. The van der Waals surface area contributed by atoms with Crippen LogP contribution in [0.3, 0.4) is 0 Å². The van der Waals surface area contributed by atoms with Gasteiger partial charge in [0.25, 0.3) is 0 Å². The summed E-state index contributed by atoms with van der Waals surface area (Å²) < 4.78 is 0. The molecule has 0 aliphatic heterocycles. The number of hydrogen-bond acceptors (Lipinski definition) is 3. The van der Waals surface area contributed by atoms with Gasteiger partial charge in [-0.15, -0.1) is 0 Å². The van der Waals surface area contributed by atoms with E-state index in [0.717, 1.165) is 32.1 Å². The van der Waals surface area contributed by atoms with Crippen molar-refractivity contribution in [1.82, 2.24) is 0 Å². The summed E-state index contributed by atoms with van der Waals surface area (Å²) in [4.78, 5) is 24.3. The van der Waals surface area contributed by atoms with Gasteiger partial charge in [-0.05, 0) is 79.6 Å². The van der Waals surface area contributed by atoms with Gasteiger partial charge in [-0.3, -0.25) is 9.59 Å². The molecule has 3 nitrogen and oxygen atoms in total. The minimum absolute atomic E-state index is 0.0474. The van der Waals surface area contributed by atoms with E-state index in [1.54, 1.807) is 6.92 Å². The zero-order valence-corrected chi connectivity index (χ0v) is 18.0. The van der Waals surface area contributed by atoms with Gasteiger partial charge in [-0.2, -0.15) is 0 Å². The van der Waals surface area contributed by atoms with Crippen LogP contribution in [0.15, 0.2) is 11.6 Å². The Morgan fingerprint density at radius 2 is 1.89 bits per heavy atom. The van der Waals surface area contributed by atoms with Crippen LogP contribution >= 0.6 is 0 Å². The number of hydrogen-bond donors (Lipinski definition) is 1. The summed E-state index contributed by atoms with van der Waals surface area (Å²) in [5.41, 5.74) is 1.19. The third-order valence-corrected chi connectivity index (χ3v) is 8.70. The number of Topliss-reactive ketones (excluding diaryl/α,β-unsaturated/α-hetero) is 1. The maximum atomic E-state index is 12.2. The molecule has 0 radical (unpaired) electrons. The summed E-state index contributed by atoms with van der Waals surface area (Å²) in [6.07, 6.45) is 6.93. The zero-order valence-electron chi connectivity index (χ0n) is 18.0. The van der Waals surface area contributed by atoms with Crippen LogP contribution < -0.4 is 0 Å². The SMILES string of the molecule is CC.CC(=O)C1CCC2C3C[C@H](C)C4=CC(=O)CCC4(C)C3C(O)CC12C. The molecular weight excluding hydrogens is 336 g/mol. The van der Waals surface area contributed by atoms with Crippen molar-refractivity contribution in [2.75, 3.05) is 0 Å². The van der Waals surface area contributed by atoms with Crippen molar-refractivity contribution >= 4 is 11.6 Å². The minimum Gasteiger partial charge on any atom is -0.393 e. The Morgan fingerprint density at radius 3 is 2.52 bits per heavy atom. The van der Waals surface area contributed by atoms with Gasteiger partial charge in [0.2, 0.25) is 0 Å². The Kier molecular flexibility index (Phi) is 5.49. The summed E-state index contributed by atoms with van der Waals surface area (Å²) in [6, 6.07) is 0. The standard InChI is InChI=1S/C22H32O3.C2H6/c1-12-9-15-17-6-5-16(13(2)23)22(17,4)11-19(25)20(15)21(3)8-7-14(24)10-18(12)21;1-2/h10,12,15-17,19-20,25H,5-9,11H2,1-4H3;1-2H3/t12-,15?,16?,17?,19?,20?,21?,22?;/m0./s1. The van der Waals surface area contributed by atoms with E-state index in [-0.39, 0.29) is 34.6 Å². The molecule has 0 bridgehead atoms. The number of carbonyl (C=O) groups is 2. The van der Waals surface area contributed by atoms with Crippen molar-refractivity contribution in [3.8, 4) is 0 Å². The first-order chi connectivity index (χ1) is 12.7. The van der Waals surface area contributed by atoms with Crippen molar-refractivity contribution in [2.24, 2.45) is 40.4 Å². The van der Waals surface area contributed by atoms with Crippen LogP contribution in [0, 0.1) is 40.4 Å². The van der Waals surface area contributed by atoms with Crippen LogP contribution in [0.1, 0.15) is 80.1 Å². The number of aliphatic hydroxyl groups is 1. The molecule has 4 aliphatic rings. The third kappa shape index (κ3) is 2.96. The molecule has 152 valence electrons. The van der Waals surface area contributed by atoms with E-state index in [9.17, 15) is 14.7 Å². The molecule has 1 N–H and O–H groups in total. The summed E-state index contributed by atoms with van der Waals surface area (Å²) in [5.74, 6) is 2.33. The molecule has 8 atom stereocenters. The second-order valence-corrected chi connectivity index (χ2v) is 9.93. The van der Waals surface area contributed by atoms with E-state index in [1.165, 1.54) is 5.57 Å². The maximum absolute atomic E-state index is 12.2. The molecule has 27 heavy (non-hydrogen) atoms. The first kappa shape index (κ1) is 20.8. The Labute approximate surface area is 165 Å². The molecule has 7 unspecified atom stereocenters. The van der Waals surface area contributed by atoms with E-state index >= 15 is 0 Å². The normalized spacial score (nSPS) is 48.4. The molecule has 0 amide bonds. The summed E-state index contributed by atoms with van der Waals surface area (Å²) in [6.45, 7) is 12.5.